The lowest BCUT2D eigenvalue weighted by molar-refractivity contribution is -0.137. The lowest BCUT2D eigenvalue weighted by Crippen LogP contribution is -2.38. The van der Waals surface area contributed by atoms with Crippen LogP contribution in [0, 0.1) is 0 Å². The van der Waals surface area contributed by atoms with E-state index in [9.17, 15) is 4.79 Å². The van der Waals surface area contributed by atoms with Crippen LogP contribution in [-0.2, 0) is 15.1 Å². The summed E-state index contributed by atoms with van der Waals surface area (Å²) >= 11 is 0. The van der Waals surface area contributed by atoms with E-state index in [1.807, 2.05) is 18.2 Å². The largest absolute Gasteiger partial charge is 0.461 e. The molecule has 0 unspecified atom stereocenters. The molecule has 0 spiro atoms. The molecule has 0 bridgehead atoms. The maximum absolute atomic E-state index is 10.8. The summed E-state index contributed by atoms with van der Waals surface area (Å²) < 4.78 is 4.90. The third kappa shape index (κ3) is 4.41. The molecule has 0 aromatic heterocycles. The molecule has 0 saturated carbocycles. The number of hydrogen-bond donors (Lipinski definition) is 1. The van der Waals surface area contributed by atoms with Crippen molar-refractivity contribution in [2.75, 3.05) is 13.2 Å². The van der Waals surface area contributed by atoms with Gasteiger partial charge >= 0.3 is 5.97 Å². The number of ether oxygens (including phenoxy) is 1. The zero-order valence-electron chi connectivity index (χ0n) is 10.4. The highest BCUT2D eigenvalue weighted by Crippen LogP contribution is 2.18. The maximum atomic E-state index is 10.8. The highest BCUT2D eigenvalue weighted by atomic mass is 16.5. The van der Waals surface area contributed by atoms with E-state index < -0.39 is 0 Å². The Morgan fingerprint density at radius 3 is 2.65 bits per heavy atom. The van der Waals surface area contributed by atoms with Gasteiger partial charge in [-0.2, -0.15) is 0 Å². The highest BCUT2D eigenvalue weighted by molar-refractivity contribution is 5.81. The van der Waals surface area contributed by atoms with E-state index >= 15 is 0 Å². The highest BCUT2D eigenvalue weighted by Gasteiger charge is 2.18. The minimum atomic E-state index is -0.385. The number of hydrogen-bond acceptors (Lipinski definition) is 3. The molecule has 3 nitrogen and oxygen atoms in total. The van der Waals surface area contributed by atoms with Gasteiger partial charge in [0.2, 0.25) is 0 Å². The van der Waals surface area contributed by atoms with E-state index in [4.69, 9.17) is 4.74 Å². The number of nitrogens with one attached hydrogen (secondary N) is 1. The van der Waals surface area contributed by atoms with Gasteiger partial charge in [0, 0.05) is 18.2 Å². The van der Waals surface area contributed by atoms with Crippen LogP contribution < -0.4 is 5.32 Å². The minimum Gasteiger partial charge on any atom is -0.461 e. The standard InChI is InChI=1S/C14H19NO2/c1-4-13(16)17-11-10-15-14(2,3)12-8-6-5-7-9-12/h4-9,15H,1,10-11H2,2-3H3. The number of esters is 1. The van der Waals surface area contributed by atoms with Crippen LogP contribution in [0.5, 0.6) is 0 Å². The zero-order chi connectivity index (χ0) is 12.7. The molecule has 0 amide bonds. The number of benzene rings is 1. The predicted molar refractivity (Wildman–Crippen MR) is 68.6 cm³/mol. The molecule has 0 saturated heterocycles. The smallest absolute Gasteiger partial charge is 0.330 e. The Kier molecular flexibility index (Phi) is 4.91. The average molecular weight is 233 g/mol. The Labute approximate surface area is 102 Å². The SMILES string of the molecule is C=CC(=O)OCCNC(C)(C)c1ccccc1. The zero-order valence-corrected chi connectivity index (χ0v) is 10.4. The van der Waals surface area contributed by atoms with Crippen LogP contribution in [0.3, 0.4) is 0 Å². The summed E-state index contributed by atoms with van der Waals surface area (Å²) in [6, 6.07) is 10.2. The van der Waals surface area contributed by atoms with Gasteiger partial charge in [-0.1, -0.05) is 36.9 Å². The Balaban J connectivity index is 2.40. The third-order valence-corrected chi connectivity index (χ3v) is 2.58. The monoisotopic (exact) mass is 233 g/mol. The molecule has 1 N–H and O–H groups in total. The van der Waals surface area contributed by atoms with Gasteiger partial charge in [0.25, 0.3) is 0 Å². The molecule has 3 heteroatoms. The molecule has 0 atom stereocenters. The Morgan fingerprint density at radius 2 is 2.06 bits per heavy atom. The summed E-state index contributed by atoms with van der Waals surface area (Å²) in [5.74, 6) is -0.385. The van der Waals surface area contributed by atoms with Gasteiger partial charge in [0.1, 0.15) is 6.61 Å². The van der Waals surface area contributed by atoms with Gasteiger partial charge in [0.05, 0.1) is 0 Å². The van der Waals surface area contributed by atoms with Crippen molar-refractivity contribution >= 4 is 5.97 Å². The first-order chi connectivity index (χ1) is 8.06. The van der Waals surface area contributed by atoms with E-state index in [1.165, 1.54) is 11.6 Å². The lowest BCUT2D eigenvalue weighted by atomic mass is 9.94. The van der Waals surface area contributed by atoms with Crippen molar-refractivity contribution in [3.8, 4) is 0 Å². The molecular formula is C14H19NO2. The van der Waals surface area contributed by atoms with Crippen LogP contribution in [0.15, 0.2) is 43.0 Å². The summed E-state index contributed by atoms with van der Waals surface area (Å²) in [5.41, 5.74) is 1.07. The van der Waals surface area contributed by atoms with Crippen molar-refractivity contribution in [1.29, 1.82) is 0 Å². The van der Waals surface area contributed by atoms with Gasteiger partial charge in [0.15, 0.2) is 0 Å². The van der Waals surface area contributed by atoms with Gasteiger partial charge in [-0.15, -0.1) is 0 Å². The summed E-state index contributed by atoms with van der Waals surface area (Å²) in [7, 11) is 0. The average Bonchev–Trinajstić information content (AvgIpc) is 2.35. The molecule has 17 heavy (non-hydrogen) atoms. The van der Waals surface area contributed by atoms with Gasteiger partial charge in [-0.05, 0) is 19.4 Å². The van der Waals surface area contributed by atoms with Crippen LogP contribution in [0.2, 0.25) is 0 Å². The van der Waals surface area contributed by atoms with Crippen LogP contribution >= 0.6 is 0 Å². The molecule has 0 fully saturated rings. The van der Waals surface area contributed by atoms with Crippen molar-refractivity contribution in [2.45, 2.75) is 19.4 Å². The molecule has 0 aliphatic rings. The van der Waals surface area contributed by atoms with Gasteiger partial charge < -0.3 is 10.1 Å². The molecule has 0 heterocycles. The fourth-order valence-electron chi connectivity index (χ4n) is 1.53. The van der Waals surface area contributed by atoms with Crippen molar-refractivity contribution in [2.24, 2.45) is 0 Å². The van der Waals surface area contributed by atoms with Gasteiger partial charge in [-0.3, -0.25) is 0 Å². The molecule has 0 radical (unpaired) electrons. The lowest BCUT2D eigenvalue weighted by Gasteiger charge is -2.26. The minimum absolute atomic E-state index is 0.137. The summed E-state index contributed by atoms with van der Waals surface area (Å²) in [5, 5.41) is 3.34. The quantitative estimate of drug-likeness (QED) is 0.465. The van der Waals surface area contributed by atoms with E-state index in [0.717, 1.165) is 0 Å². The predicted octanol–water partition coefficient (Wildman–Crippen LogP) is 2.24. The van der Waals surface area contributed by atoms with Crippen molar-refractivity contribution in [3.63, 3.8) is 0 Å². The van der Waals surface area contributed by atoms with E-state index in [-0.39, 0.29) is 11.5 Å². The van der Waals surface area contributed by atoms with Crippen LogP contribution in [0.1, 0.15) is 19.4 Å². The first kappa shape index (κ1) is 13.5. The van der Waals surface area contributed by atoms with E-state index in [2.05, 4.69) is 37.9 Å². The number of rotatable bonds is 6. The van der Waals surface area contributed by atoms with Crippen molar-refractivity contribution in [3.05, 3.63) is 48.6 Å². The summed E-state index contributed by atoms with van der Waals surface area (Å²) in [4.78, 5) is 10.8. The Bertz CT molecular complexity index is 371. The van der Waals surface area contributed by atoms with Crippen LogP contribution in [-0.4, -0.2) is 19.1 Å². The van der Waals surface area contributed by atoms with Crippen LogP contribution in [0.4, 0.5) is 0 Å². The first-order valence-corrected chi connectivity index (χ1v) is 5.66. The van der Waals surface area contributed by atoms with Gasteiger partial charge in [-0.25, -0.2) is 4.79 Å². The fourth-order valence-corrected chi connectivity index (χ4v) is 1.53. The molecular weight excluding hydrogens is 214 g/mol. The third-order valence-electron chi connectivity index (χ3n) is 2.58. The Hall–Kier alpha value is -1.61. The van der Waals surface area contributed by atoms with E-state index in [0.29, 0.717) is 13.2 Å². The van der Waals surface area contributed by atoms with Crippen LogP contribution in [0.25, 0.3) is 0 Å². The second-order valence-corrected chi connectivity index (χ2v) is 4.29. The van der Waals surface area contributed by atoms with Crippen molar-refractivity contribution in [1.82, 2.24) is 5.32 Å². The van der Waals surface area contributed by atoms with E-state index in [1.54, 1.807) is 0 Å². The maximum Gasteiger partial charge on any atom is 0.330 e. The summed E-state index contributed by atoms with van der Waals surface area (Å²) in [6.45, 7) is 8.49. The molecule has 0 aliphatic heterocycles. The molecule has 0 aliphatic carbocycles. The topological polar surface area (TPSA) is 38.3 Å². The molecule has 92 valence electrons. The second-order valence-electron chi connectivity index (χ2n) is 4.29. The number of carbonyl (C=O) groups excluding carboxylic acids is 1. The fraction of sp³-hybridized carbons (Fsp3) is 0.357. The number of carbonyl (C=O) groups is 1. The molecule has 1 aromatic rings. The Morgan fingerprint density at radius 1 is 1.41 bits per heavy atom. The first-order valence-electron chi connectivity index (χ1n) is 5.66. The normalized spacial score (nSPS) is 10.9. The molecule has 1 aromatic carbocycles. The van der Waals surface area contributed by atoms with Crippen molar-refractivity contribution < 1.29 is 9.53 Å². The summed E-state index contributed by atoms with van der Waals surface area (Å²) in [6.07, 6.45) is 1.17. The molecule has 1 rings (SSSR count). The second kappa shape index (κ2) is 6.21.